The molecule has 128 valence electrons. The van der Waals surface area contributed by atoms with Gasteiger partial charge in [0.1, 0.15) is 11.5 Å². The lowest BCUT2D eigenvalue weighted by Gasteiger charge is -2.40. The summed E-state index contributed by atoms with van der Waals surface area (Å²) in [4.78, 5) is 2.66. The predicted octanol–water partition coefficient (Wildman–Crippen LogP) is 4.87. The summed E-state index contributed by atoms with van der Waals surface area (Å²) >= 11 is 3.61. The maximum Gasteiger partial charge on any atom is 0.136 e. The highest BCUT2D eigenvalue weighted by atomic mass is 79.9. The summed E-state index contributed by atoms with van der Waals surface area (Å²) in [5.41, 5.74) is 2.15. The molecule has 3 nitrogen and oxygen atoms in total. The first-order valence-electron chi connectivity index (χ1n) is 8.40. The van der Waals surface area contributed by atoms with Crippen molar-refractivity contribution in [1.29, 1.82) is 0 Å². The van der Waals surface area contributed by atoms with Gasteiger partial charge in [0.15, 0.2) is 0 Å². The molecule has 2 bridgehead atoms. The number of halogens is 1. The van der Waals surface area contributed by atoms with E-state index in [-0.39, 0.29) is 0 Å². The second-order valence-corrected chi connectivity index (χ2v) is 9.27. The fourth-order valence-electron chi connectivity index (χ4n) is 5.03. The number of methoxy groups -OCH3 is 2. The molecule has 1 aliphatic heterocycles. The van der Waals surface area contributed by atoms with Crippen molar-refractivity contribution < 1.29 is 9.47 Å². The second kappa shape index (κ2) is 5.96. The maximum atomic E-state index is 5.60. The zero-order chi connectivity index (χ0) is 16.8. The highest BCUT2D eigenvalue weighted by Gasteiger charge is 2.49. The van der Waals surface area contributed by atoms with E-state index in [0.717, 1.165) is 22.5 Å². The fourth-order valence-corrected chi connectivity index (χ4v) is 5.58. The Morgan fingerprint density at radius 3 is 2.48 bits per heavy atom. The lowest BCUT2D eigenvalue weighted by Crippen LogP contribution is -2.34. The molecule has 0 radical (unpaired) electrons. The molecular weight excluding hydrogens is 354 g/mol. The minimum absolute atomic E-state index is 0.455. The van der Waals surface area contributed by atoms with Crippen molar-refractivity contribution >= 4 is 15.9 Å². The Morgan fingerprint density at radius 2 is 1.83 bits per heavy atom. The topological polar surface area (TPSA) is 21.7 Å². The van der Waals surface area contributed by atoms with Gasteiger partial charge >= 0.3 is 0 Å². The zero-order valence-corrected chi connectivity index (χ0v) is 16.5. The molecule has 1 saturated carbocycles. The van der Waals surface area contributed by atoms with E-state index in [0.29, 0.717) is 16.9 Å². The van der Waals surface area contributed by atoms with Gasteiger partial charge in [-0.05, 0) is 52.1 Å². The van der Waals surface area contributed by atoms with Crippen LogP contribution in [0.5, 0.6) is 11.5 Å². The summed E-state index contributed by atoms with van der Waals surface area (Å²) in [5, 5.41) is 0. The van der Waals surface area contributed by atoms with E-state index in [9.17, 15) is 0 Å². The molecule has 0 amide bonds. The van der Waals surface area contributed by atoms with Crippen molar-refractivity contribution in [2.45, 2.75) is 52.6 Å². The smallest absolute Gasteiger partial charge is 0.136 e. The lowest BCUT2D eigenvalue weighted by atomic mass is 9.65. The third kappa shape index (κ3) is 3.39. The van der Waals surface area contributed by atoms with Crippen LogP contribution in [0, 0.1) is 10.8 Å². The van der Waals surface area contributed by atoms with Crippen molar-refractivity contribution in [2.75, 3.05) is 20.8 Å². The van der Waals surface area contributed by atoms with Crippen molar-refractivity contribution in [3.63, 3.8) is 0 Å². The first-order chi connectivity index (χ1) is 10.8. The highest BCUT2D eigenvalue weighted by Crippen LogP contribution is 2.53. The summed E-state index contributed by atoms with van der Waals surface area (Å²) in [6, 6.07) is 4.81. The molecule has 1 aromatic carbocycles. The minimum atomic E-state index is 0.455. The lowest BCUT2D eigenvalue weighted by molar-refractivity contribution is 0.126. The van der Waals surface area contributed by atoms with Crippen LogP contribution in [-0.4, -0.2) is 31.7 Å². The summed E-state index contributed by atoms with van der Waals surface area (Å²) in [6.45, 7) is 9.44. The molecule has 1 aromatic rings. The van der Waals surface area contributed by atoms with Gasteiger partial charge in [-0.15, -0.1) is 0 Å². The van der Waals surface area contributed by atoms with Crippen LogP contribution in [0.1, 0.15) is 45.6 Å². The SMILES string of the molecule is COc1cc(OC)c(CN2CC3(C)CC2CC(C)(C)C3)cc1Br. The molecule has 0 aromatic heterocycles. The van der Waals surface area contributed by atoms with Gasteiger partial charge in [0, 0.05) is 30.8 Å². The van der Waals surface area contributed by atoms with Gasteiger partial charge in [-0.2, -0.15) is 0 Å². The van der Waals surface area contributed by atoms with Crippen LogP contribution in [0.3, 0.4) is 0 Å². The number of fused-ring (bicyclic) bond motifs is 2. The quantitative estimate of drug-likeness (QED) is 0.742. The Labute approximate surface area is 148 Å². The standard InChI is InChI=1S/C19H28BrNO2/c1-18(2)8-14-9-19(3,11-18)12-21(14)10-13-6-15(20)17(23-5)7-16(13)22-4/h6-7,14H,8-12H2,1-5H3. The predicted molar refractivity (Wildman–Crippen MR) is 97.2 cm³/mol. The number of hydrogen-bond acceptors (Lipinski definition) is 3. The molecule has 1 aliphatic carbocycles. The minimum Gasteiger partial charge on any atom is -0.496 e. The number of nitrogens with zero attached hydrogens (tertiary/aromatic N) is 1. The summed E-state index contributed by atoms with van der Waals surface area (Å²) < 4.78 is 12.0. The fraction of sp³-hybridized carbons (Fsp3) is 0.684. The Kier molecular flexibility index (Phi) is 4.43. The van der Waals surface area contributed by atoms with E-state index in [4.69, 9.17) is 9.47 Å². The van der Waals surface area contributed by atoms with Gasteiger partial charge < -0.3 is 9.47 Å². The Balaban J connectivity index is 1.84. The average Bonchev–Trinajstić information content (AvgIpc) is 2.67. The molecule has 2 unspecified atom stereocenters. The third-order valence-corrected chi connectivity index (χ3v) is 6.07. The molecule has 3 rings (SSSR count). The van der Waals surface area contributed by atoms with Crippen molar-refractivity contribution in [2.24, 2.45) is 10.8 Å². The van der Waals surface area contributed by atoms with Crippen molar-refractivity contribution in [3.05, 3.63) is 22.2 Å². The first kappa shape index (κ1) is 17.1. The number of hydrogen-bond donors (Lipinski definition) is 0. The van der Waals surface area contributed by atoms with Crippen molar-refractivity contribution in [1.82, 2.24) is 4.90 Å². The van der Waals surface area contributed by atoms with Gasteiger partial charge in [0.05, 0.1) is 18.7 Å². The number of likely N-dealkylation sites (tertiary alicyclic amines) is 1. The van der Waals surface area contributed by atoms with E-state index in [2.05, 4.69) is 47.7 Å². The molecule has 1 heterocycles. The van der Waals surface area contributed by atoms with E-state index >= 15 is 0 Å². The van der Waals surface area contributed by atoms with Gasteiger partial charge in [-0.25, -0.2) is 0 Å². The Morgan fingerprint density at radius 1 is 1.13 bits per heavy atom. The van der Waals surface area contributed by atoms with Crippen LogP contribution >= 0.6 is 15.9 Å². The van der Waals surface area contributed by atoms with Gasteiger partial charge in [0.25, 0.3) is 0 Å². The largest absolute Gasteiger partial charge is 0.496 e. The maximum absolute atomic E-state index is 5.60. The second-order valence-electron chi connectivity index (χ2n) is 8.42. The summed E-state index contributed by atoms with van der Waals surface area (Å²) in [7, 11) is 3.42. The van der Waals surface area contributed by atoms with Gasteiger partial charge in [-0.3, -0.25) is 4.90 Å². The number of rotatable bonds is 4. The molecule has 2 atom stereocenters. The van der Waals surface area contributed by atoms with E-state index in [1.165, 1.54) is 31.4 Å². The zero-order valence-electron chi connectivity index (χ0n) is 14.9. The van der Waals surface area contributed by atoms with Crippen LogP contribution in [0.2, 0.25) is 0 Å². The normalized spacial score (nSPS) is 29.6. The molecule has 0 spiro atoms. The Bertz CT molecular complexity index is 601. The molecule has 2 aliphatic rings. The monoisotopic (exact) mass is 381 g/mol. The number of ether oxygens (including phenoxy) is 2. The van der Waals surface area contributed by atoms with Crippen molar-refractivity contribution in [3.8, 4) is 11.5 Å². The molecule has 0 N–H and O–H groups in total. The third-order valence-electron chi connectivity index (χ3n) is 5.45. The van der Waals surface area contributed by atoms with E-state index in [1.807, 2.05) is 6.07 Å². The van der Waals surface area contributed by atoms with Crippen LogP contribution < -0.4 is 9.47 Å². The molecular formula is C19H28BrNO2. The average molecular weight is 382 g/mol. The molecule has 23 heavy (non-hydrogen) atoms. The molecule has 2 fully saturated rings. The van der Waals surface area contributed by atoms with Crippen LogP contribution in [0.4, 0.5) is 0 Å². The van der Waals surface area contributed by atoms with Crippen LogP contribution in [0.25, 0.3) is 0 Å². The van der Waals surface area contributed by atoms with Gasteiger partial charge in [-0.1, -0.05) is 20.8 Å². The molecule has 1 saturated heterocycles. The van der Waals surface area contributed by atoms with Gasteiger partial charge in [0.2, 0.25) is 0 Å². The highest BCUT2D eigenvalue weighted by molar-refractivity contribution is 9.10. The number of benzene rings is 1. The summed E-state index contributed by atoms with van der Waals surface area (Å²) in [5.74, 6) is 1.73. The van der Waals surface area contributed by atoms with E-state index in [1.54, 1.807) is 14.2 Å². The first-order valence-corrected chi connectivity index (χ1v) is 9.19. The Hall–Kier alpha value is -0.740. The van der Waals surface area contributed by atoms with E-state index < -0.39 is 0 Å². The molecule has 4 heteroatoms. The van der Waals surface area contributed by atoms with Crippen LogP contribution in [0.15, 0.2) is 16.6 Å². The summed E-state index contributed by atoms with van der Waals surface area (Å²) in [6.07, 6.45) is 3.95. The van der Waals surface area contributed by atoms with Crippen LogP contribution in [-0.2, 0) is 6.54 Å².